The molecule has 1 fully saturated rings. The minimum atomic E-state index is -0.259. The van der Waals surface area contributed by atoms with Crippen molar-refractivity contribution in [2.75, 3.05) is 6.61 Å². The van der Waals surface area contributed by atoms with Gasteiger partial charge in [0.05, 0.1) is 11.7 Å². The Morgan fingerprint density at radius 2 is 1.55 bits per heavy atom. The van der Waals surface area contributed by atoms with Crippen molar-refractivity contribution in [2.24, 2.45) is 0 Å². The Morgan fingerprint density at radius 1 is 0.903 bits per heavy atom. The SMILES string of the molecule is CCCCCCCc1cnc(-c2ccc(C(=O)O[C@H]3CC[C@H](OCC)CC3)cc2)nc1. The topological polar surface area (TPSA) is 61.3 Å². The Kier molecular flexibility index (Phi) is 9.47. The van der Waals surface area contributed by atoms with E-state index in [-0.39, 0.29) is 12.1 Å². The second-order valence-corrected chi connectivity index (χ2v) is 8.42. The zero-order chi connectivity index (χ0) is 21.9. The molecular weight excluding hydrogens is 388 g/mol. The van der Waals surface area contributed by atoms with Crippen LogP contribution in [0.25, 0.3) is 11.4 Å². The molecule has 1 heterocycles. The lowest BCUT2D eigenvalue weighted by atomic mass is 9.95. The summed E-state index contributed by atoms with van der Waals surface area (Å²) in [7, 11) is 0. The highest BCUT2D eigenvalue weighted by Gasteiger charge is 2.24. The molecule has 1 saturated carbocycles. The molecule has 1 aliphatic carbocycles. The molecule has 0 radical (unpaired) electrons. The molecule has 0 N–H and O–H groups in total. The van der Waals surface area contributed by atoms with E-state index < -0.39 is 0 Å². The Hall–Kier alpha value is -2.27. The number of carbonyl (C=O) groups is 1. The highest BCUT2D eigenvalue weighted by atomic mass is 16.5. The predicted octanol–water partition coefficient (Wildman–Crippen LogP) is 6.16. The van der Waals surface area contributed by atoms with Crippen LogP contribution in [0, 0.1) is 0 Å². The molecule has 3 rings (SSSR count). The molecule has 31 heavy (non-hydrogen) atoms. The zero-order valence-electron chi connectivity index (χ0n) is 19.0. The van der Waals surface area contributed by atoms with Crippen LogP contribution in [0.2, 0.25) is 0 Å². The van der Waals surface area contributed by atoms with Crippen LogP contribution < -0.4 is 0 Å². The Bertz CT molecular complexity index is 781. The van der Waals surface area contributed by atoms with E-state index in [1.54, 1.807) is 12.1 Å². The lowest BCUT2D eigenvalue weighted by Gasteiger charge is -2.28. The van der Waals surface area contributed by atoms with Crippen molar-refractivity contribution in [3.05, 3.63) is 47.8 Å². The zero-order valence-corrected chi connectivity index (χ0v) is 19.0. The van der Waals surface area contributed by atoms with Crippen molar-refractivity contribution in [3.8, 4) is 11.4 Å². The highest BCUT2D eigenvalue weighted by molar-refractivity contribution is 5.90. The number of nitrogens with zero attached hydrogens (tertiary/aromatic N) is 2. The summed E-state index contributed by atoms with van der Waals surface area (Å²) in [5, 5.41) is 0. The fourth-order valence-electron chi connectivity index (χ4n) is 4.09. The predicted molar refractivity (Wildman–Crippen MR) is 123 cm³/mol. The number of hydrogen-bond donors (Lipinski definition) is 0. The second kappa shape index (κ2) is 12.6. The molecule has 0 bridgehead atoms. The van der Waals surface area contributed by atoms with Crippen LogP contribution in [0.1, 0.15) is 87.6 Å². The molecule has 1 aliphatic rings. The van der Waals surface area contributed by atoms with Gasteiger partial charge < -0.3 is 9.47 Å². The smallest absolute Gasteiger partial charge is 0.338 e. The third-order valence-electron chi connectivity index (χ3n) is 5.95. The maximum atomic E-state index is 12.5. The number of esters is 1. The number of rotatable bonds is 11. The van der Waals surface area contributed by atoms with E-state index in [0.717, 1.165) is 44.3 Å². The highest BCUT2D eigenvalue weighted by Crippen LogP contribution is 2.25. The minimum Gasteiger partial charge on any atom is -0.459 e. The first-order chi connectivity index (χ1) is 15.2. The molecule has 0 saturated heterocycles. The van der Waals surface area contributed by atoms with E-state index in [0.29, 0.717) is 17.5 Å². The van der Waals surface area contributed by atoms with Crippen molar-refractivity contribution < 1.29 is 14.3 Å². The fourth-order valence-corrected chi connectivity index (χ4v) is 4.09. The molecule has 5 heteroatoms. The Labute approximate surface area is 186 Å². The van der Waals surface area contributed by atoms with Crippen LogP contribution >= 0.6 is 0 Å². The Balaban J connectivity index is 1.47. The number of aromatic nitrogens is 2. The van der Waals surface area contributed by atoms with Gasteiger partial charge in [-0.15, -0.1) is 0 Å². The number of benzene rings is 1. The maximum Gasteiger partial charge on any atom is 0.338 e. The van der Waals surface area contributed by atoms with Gasteiger partial charge >= 0.3 is 5.97 Å². The van der Waals surface area contributed by atoms with E-state index in [9.17, 15) is 4.79 Å². The minimum absolute atomic E-state index is 0.0123. The summed E-state index contributed by atoms with van der Waals surface area (Å²) in [5.41, 5.74) is 2.65. The van der Waals surface area contributed by atoms with Gasteiger partial charge in [0.2, 0.25) is 0 Å². The van der Waals surface area contributed by atoms with E-state index in [1.807, 2.05) is 31.5 Å². The van der Waals surface area contributed by atoms with E-state index in [1.165, 1.54) is 37.7 Å². The lowest BCUT2D eigenvalue weighted by Crippen LogP contribution is -2.28. The summed E-state index contributed by atoms with van der Waals surface area (Å²) in [6.45, 7) is 4.99. The van der Waals surface area contributed by atoms with E-state index in [4.69, 9.17) is 9.47 Å². The van der Waals surface area contributed by atoms with Gasteiger partial charge in [0.25, 0.3) is 0 Å². The third-order valence-corrected chi connectivity index (χ3v) is 5.95. The molecule has 1 aromatic carbocycles. The first-order valence-corrected chi connectivity index (χ1v) is 11.9. The van der Waals surface area contributed by atoms with Gasteiger partial charge in [-0.3, -0.25) is 0 Å². The Morgan fingerprint density at radius 3 is 2.19 bits per heavy atom. The standard InChI is InChI=1S/C26H36N2O3/c1-3-5-6-7-8-9-20-18-27-25(28-19-20)21-10-12-22(13-11-21)26(29)31-24-16-14-23(15-17-24)30-4-2/h10-13,18-19,23-24H,3-9,14-17H2,1-2H3/t23-,24-. The van der Waals surface area contributed by atoms with Gasteiger partial charge in [-0.25, -0.2) is 14.8 Å². The number of aryl methyl sites for hydroxylation is 1. The molecule has 0 aliphatic heterocycles. The second-order valence-electron chi connectivity index (χ2n) is 8.42. The van der Waals surface area contributed by atoms with E-state index >= 15 is 0 Å². The number of carbonyl (C=O) groups excluding carboxylic acids is 1. The van der Waals surface area contributed by atoms with E-state index in [2.05, 4.69) is 16.9 Å². The van der Waals surface area contributed by atoms with Crippen molar-refractivity contribution in [1.29, 1.82) is 0 Å². The molecule has 0 amide bonds. The van der Waals surface area contributed by atoms with Crippen molar-refractivity contribution in [3.63, 3.8) is 0 Å². The van der Waals surface area contributed by atoms with Gasteiger partial charge in [0.1, 0.15) is 6.10 Å². The summed E-state index contributed by atoms with van der Waals surface area (Å²) in [6, 6.07) is 7.38. The normalized spacial score (nSPS) is 18.6. The largest absolute Gasteiger partial charge is 0.459 e. The van der Waals surface area contributed by atoms with Crippen LogP contribution in [0.15, 0.2) is 36.7 Å². The average Bonchev–Trinajstić information content (AvgIpc) is 2.81. The number of unbranched alkanes of at least 4 members (excludes halogenated alkanes) is 4. The van der Waals surface area contributed by atoms with Gasteiger partial charge in [0, 0.05) is 24.6 Å². The van der Waals surface area contributed by atoms with Crippen LogP contribution in [-0.4, -0.2) is 34.8 Å². The molecule has 0 unspecified atom stereocenters. The van der Waals surface area contributed by atoms with Crippen LogP contribution in [0.3, 0.4) is 0 Å². The number of ether oxygens (including phenoxy) is 2. The van der Waals surface area contributed by atoms with Gasteiger partial charge in [0.15, 0.2) is 5.82 Å². The van der Waals surface area contributed by atoms with Crippen molar-refractivity contribution in [1.82, 2.24) is 9.97 Å². The van der Waals surface area contributed by atoms with Gasteiger partial charge in [-0.05, 0) is 63.1 Å². The summed E-state index contributed by atoms with van der Waals surface area (Å²) >= 11 is 0. The monoisotopic (exact) mass is 424 g/mol. The maximum absolute atomic E-state index is 12.5. The molecule has 1 aromatic heterocycles. The van der Waals surface area contributed by atoms with Crippen molar-refractivity contribution in [2.45, 2.75) is 90.3 Å². The molecule has 0 atom stereocenters. The summed E-state index contributed by atoms with van der Waals surface area (Å²) < 4.78 is 11.4. The lowest BCUT2D eigenvalue weighted by molar-refractivity contribution is -0.0163. The molecular formula is C26H36N2O3. The molecule has 168 valence electrons. The first kappa shape index (κ1) is 23.4. The summed E-state index contributed by atoms with van der Waals surface area (Å²) in [4.78, 5) is 21.5. The summed E-state index contributed by atoms with van der Waals surface area (Å²) in [6.07, 6.45) is 15.2. The van der Waals surface area contributed by atoms with Crippen molar-refractivity contribution >= 4 is 5.97 Å². The third kappa shape index (κ3) is 7.42. The number of hydrogen-bond acceptors (Lipinski definition) is 5. The fraction of sp³-hybridized carbons (Fsp3) is 0.577. The van der Waals surface area contributed by atoms with Crippen LogP contribution in [-0.2, 0) is 15.9 Å². The van der Waals surface area contributed by atoms with Crippen LogP contribution in [0.4, 0.5) is 0 Å². The average molecular weight is 425 g/mol. The quantitative estimate of drug-likeness (QED) is 0.319. The molecule has 5 nitrogen and oxygen atoms in total. The van der Waals surface area contributed by atoms with Gasteiger partial charge in [-0.2, -0.15) is 0 Å². The van der Waals surface area contributed by atoms with Gasteiger partial charge in [-0.1, -0.05) is 44.7 Å². The summed E-state index contributed by atoms with van der Waals surface area (Å²) in [5.74, 6) is 0.426. The molecule has 0 spiro atoms. The molecule has 2 aromatic rings. The first-order valence-electron chi connectivity index (χ1n) is 11.9. The van der Waals surface area contributed by atoms with Crippen LogP contribution in [0.5, 0.6) is 0 Å².